The van der Waals surface area contributed by atoms with Gasteiger partial charge in [0.2, 0.25) is 0 Å². The number of ether oxygens (including phenoxy) is 3. The highest BCUT2D eigenvalue weighted by atomic mass is 31.2. The van der Waals surface area contributed by atoms with Crippen molar-refractivity contribution in [3.05, 3.63) is 83.8 Å². The molecule has 0 aliphatic heterocycles. The molecule has 0 aliphatic carbocycles. The van der Waals surface area contributed by atoms with Crippen molar-refractivity contribution in [1.29, 1.82) is 0 Å². The number of carbonyl (C=O) groups is 4. The van der Waals surface area contributed by atoms with Crippen molar-refractivity contribution in [2.45, 2.75) is 155 Å². The van der Waals surface area contributed by atoms with Gasteiger partial charge in [-0.3, -0.25) is 28.3 Å². The molecule has 2 heterocycles. The van der Waals surface area contributed by atoms with Gasteiger partial charge in [-0.2, -0.15) is 4.99 Å². The van der Waals surface area contributed by atoms with Gasteiger partial charge in [-0.05, 0) is 67.4 Å². The Balaban J connectivity index is 1.29. The van der Waals surface area contributed by atoms with Crippen molar-refractivity contribution in [3.63, 3.8) is 0 Å². The lowest BCUT2D eigenvalue weighted by atomic mass is 10.0. The van der Waals surface area contributed by atoms with Crippen LogP contribution in [0.25, 0.3) is 11.0 Å². The molecule has 2 unspecified atom stereocenters. The van der Waals surface area contributed by atoms with E-state index in [2.05, 4.69) is 29.1 Å². The predicted octanol–water partition coefficient (Wildman–Crippen LogP) is 11.8. The lowest BCUT2D eigenvalue weighted by Crippen LogP contribution is -2.37. The van der Waals surface area contributed by atoms with Gasteiger partial charge in [0.1, 0.15) is 30.6 Å². The minimum absolute atomic E-state index is 0.0300. The smallest absolute Gasteiger partial charge is 0.465 e. The fourth-order valence-corrected chi connectivity index (χ4v) is 9.36. The molecule has 79 heavy (non-hydrogen) atoms. The number of anilines is 2. The van der Waals surface area contributed by atoms with E-state index in [1.165, 1.54) is 81.9 Å². The van der Waals surface area contributed by atoms with Gasteiger partial charge in [-0.25, -0.2) is 19.3 Å². The Kier molecular flexibility index (Phi) is 30.4. The van der Waals surface area contributed by atoms with E-state index in [0.29, 0.717) is 58.9 Å². The number of fused-ring (bicyclic) bond motifs is 1. The SMILES string of the molecule is CCCCCCCCCCCCCCCCCCC(=O)OCC(COC(=O)CCN(C(=O)c1ccc2c(c1)nc(CNc1ccc(/C(N)=N/C(=O)OCCCCC)cc1)n2C)c1ccccn1)COP(=O)(O)OCC[N+](C)(C)C. The Hall–Kier alpha value is -5.72. The number of amidine groups is 1. The van der Waals surface area contributed by atoms with Crippen LogP contribution >= 0.6 is 7.82 Å². The molecule has 20 heteroatoms. The zero-order valence-electron chi connectivity index (χ0n) is 48.2. The van der Waals surface area contributed by atoms with Gasteiger partial charge in [0, 0.05) is 43.0 Å². The number of nitrogens with zero attached hydrogens (tertiary/aromatic N) is 6. The van der Waals surface area contributed by atoms with Crippen LogP contribution in [0.1, 0.15) is 170 Å². The third-order valence-electron chi connectivity index (χ3n) is 13.4. The molecule has 4 rings (SSSR count). The Bertz CT molecular complexity index is 2500. The number of aliphatic imine (C=N–C) groups is 1. The summed E-state index contributed by atoms with van der Waals surface area (Å²) in [6, 6.07) is 17.5. The van der Waals surface area contributed by atoms with E-state index in [1.807, 2.05) is 51.0 Å². The quantitative estimate of drug-likeness (QED) is 0.00713. The van der Waals surface area contributed by atoms with Gasteiger partial charge in [-0.1, -0.05) is 129 Å². The van der Waals surface area contributed by atoms with Crippen molar-refractivity contribution >= 4 is 60.1 Å². The van der Waals surface area contributed by atoms with Gasteiger partial charge < -0.3 is 39.2 Å². The largest absolute Gasteiger partial charge is 0.472 e. The zero-order valence-corrected chi connectivity index (χ0v) is 49.1. The highest BCUT2D eigenvalue weighted by Crippen LogP contribution is 2.43. The molecule has 2 aromatic carbocycles. The molecule has 0 saturated carbocycles. The van der Waals surface area contributed by atoms with Crippen LogP contribution in [0.4, 0.5) is 16.3 Å². The van der Waals surface area contributed by atoms with Crippen LogP contribution in [0.5, 0.6) is 0 Å². The first kappa shape index (κ1) is 65.8. The van der Waals surface area contributed by atoms with E-state index >= 15 is 0 Å². The maximum absolute atomic E-state index is 14.3. The summed E-state index contributed by atoms with van der Waals surface area (Å²) in [6.45, 7) is 4.41. The zero-order chi connectivity index (χ0) is 57.3. The summed E-state index contributed by atoms with van der Waals surface area (Å²) in [6.07, 6.45) is 23.2. The number of aryl methyl sites for hydroxylation is 1. The molecular formula is C59H92N8O11P+. The molecule has 19 nitrogen and oxygen atoms in total. The number of hydrogen-bond acceptors (Lipinski definition) is 13. The van der Waals surface area contributed by atoms with Gasteiger partial charge >= 0.3 is 25.9 Å². The third kappa shape index (κ3) is 26.9. The summed E-state index contributed by atoms with van der Waals surface area (Å²) in [5.41, 5.74) is 9.11. The van der Waals surface area contributed by atoms with Gasteiger partial charge in [0.15, 0.2) is 0 Å². The number of phosphoric acid groups is 1. The van der Waals surface area contributed by atoms with Gasteiger partial charge in [0.25, 0.3) is 5.91 Å². The minimum Gasteiger partial charge on any atom is -0.465 e. The second-order valence-electron chi connectivity index (χ2n) is 21.3. The Morgan fingerprint density at radius 1 is 0.722 bits per heavy atom. The van der Waals surface area contributed by atoms with E-state index in [1.54, 1.807) is 48.7 Å². The predicted molar refractivity (Wildman–Crippen MR) is 311 cm³/mol. The van der Waals surface area contributed by atoms with Crippen molar-refractivity contribution in [2.75, 3.05) is 77.5 Å². The van der Waals surface area contributed by atoms with Gasteiger partial charge in [0.05, 0.1) is 77.5 Å². The summed E-state index contributed by atoms with van der Waals surface area (Å²) in [5, 5.41) is 3.35. The lowest BCUT2D eigenvalue weighted by Gasteiger charge is -2.24. The number of nitrogens with two attached hydrogens (primary N) is 1. The average Bonchev–Trinajstić information content (AvgIpc) is 3.93. The maximum atomic E-state index is 14.3. The first-order chi connectivity index (χ1) is 38.0. The molecule has 0 spiro atoms. The van der Waals surface area contributed by atoms with E-state index in [4.69, 9.17) is 34.0 Å². The number of amides is 2. The van der Waals surface area contributed by atoms with Crippen molar-refractivity contribution in [3.8, 4) is 0 Å². The third-order valence-corrected chi connectivity index (χ3v) is 14.4. The highest BCUT2D eigenvalue weighted by molar-refractivity contribution is 7.47. The molecule has 4 aromatic rings. The number of phosphoric ester groups is 1. The van der Waals surface area contributed by atoms with E-state index in [9.17, 15) is 28.6 Å². The number of benzene rings is 2. The monoisotopic (exact) mass is 1120 g/mol. The molecule has 2 aromatic heterocycles. The summed E-state index contributed by atoms with van der Waals surface area (Å²) < 4.78 is 42.1. The number of rotatable bonds is 41. The van der Waals surface area contributed by atoms with Crippen molar-refractivity contribution in [2.24, 2.45) is 23.7 Å². The maximum Gasteiger partial charge on any atom is 0.472 e. The van der Waals surface area contributed by atoms with Crippen molar-refractivity contribution < 1.29 is 56.4 Å². The molecule has 0 bridgehead atoms. The summed E-state index contributed by atoms with van der Waals surface area (Å²) >= 11 is 0. The molecule has 438 valence electrons. The fourth-order valence-electron chi connectivity index (χ4n) is 8.57. The molecule has 0 aliphatic rings. The number of aromatic nitrogens is 3. The van der Waals surface area contributed by atoms with E-state index in [-0.39, 0.29) is 51.6 Å². The van der Waals surface area contributed by atoms with Crippen LogP contribution in [0.15, 0.2) is 71.9 Å². The number of quaternary nitrogens is 1. The molecule has 2 amide bonds. The topological polar surface area (TPSA) is 236 Å². The fraction of sp³-hybridized carbons (Fsp3) is 0.610. The molecule has 0 fully saturated rings. The molecule has 2 atom stereocenters. The van der Waals surface area contributed by atoms with Crippen LogP contribution in [-0.4, -0.2) is 121 Å². The average molecular weight is 1120 g/mol. The molecule has 0 radical (unpaired) electrons. The Morgan fingerprint density at radius 2 is 1.30 bits per heavy atom. The van der Waals surface area contributed by atoms with Crippen LogP contribution in [-0.2, 0) is 51.0 Å². The molecule has 4 N–H and O–H groups in total. The number of likely N-dealkylation sites (N-methyl/N-ethyl adjacent to an activating group) is 1. The van der Waals surface area contributed by atoms with Crippen LogP contribution in [0.2, 0.25) is 0 Å². The van der Waals surface area contributed by atoms with E-state index < -0.39 is 37.7 Å². The first-order valence-electron chi connectivity index (χ1n) is 28.8. The van der Waals surface area contributed by atoms with Crippen LogP contribution in [0.3, 0.4) is 0 Å². The van der Waals surface area contributed by atoms with Crippen LogP contribution in [0, 0.1) is 5.92 Å². The minimum atomic E-state index is -4.49. The number of unbranched alkanes of at least 4 members (excludes halogenated alkanes) is 17. The van der Waals surface area contributed by atoms with Gasteiger partial charge in [-0.15, -0.1) is 0 Å². The standard InChI is InChI=1S/C59H91N8O11P/c1-7-9-11-12-13-14-15-16-17-18-19-20-21-22-23-24-29-55(68)75-44-47(46-78-79(72,73)77-41-39-67(4,5)6)45-76-56(69)36-38-66(53-28-25-26-37-61-53)58(70)49-32-35-52-51(42-49)63-54(65(52)3)43-62-50-33-30-48(31-34-50)57(60)64-59(71)74-40-27-10-8-2/h25-26,28,30-35,37,42,47H,7-24,27,29,36,38-41,43-46H2,1-6H3,(H3-,60,62,64,71,72,73)/p+1. The summed E-state index contributed by atoms with van der Waals surface area (Å²) in [4.78, 5) is 77.5. The Labute approximate surface area is 469 Å². The Morgan fingerprint density at radius 3 is 1.90 bits per heavy atom. The summed E-state index contributed by atoms with van der Waals surface area (Å²) in [7, 11) is 3.16. The van der Waals surface area contributed by atoms with Crippen LogP contribution < -0.4 is 16.0 Å². The summed E-state index contributed by atoms with van der Waals surface area (Å²) in [5.74, 6) is -1.21. The number of pyridine rings is 1. The number of nitrogens with one attached hydrogen (secondary N) is 1. The second kappa shape index (κ2) is 36.5. The number of esters is 2. The first-order valence-corrected chi connectivity index (χ1v) is 30.2. The highest BCUT2D eigenvalue weighted by Gasteiger charge is 2.27. The lowest BCUT2D eigenvalue weighted by molar-refractivity contribution is -0.870. The number of hydrogen-bond donors (Lipinski definition) is 3. The van der Waals surface area contributed by atoms with E-state index in [0.717, 1.165) is 49.7 Å². The molecule has 0 saturated heterocycles. The molecular weight excluding hydrogens is 1030 g/mol. The second-order valence-corrected chi connectivity index (χ2v) is 22.8. The number of carbonyl (C=O) groups excluding carboxylic acids is 4. The normalized spacial score (nSPS) is 13.0. The number of imidazole rings is 1. The van der Waals surface area contributed by atoms with Crippen molar-refractivity contribution in [1.82, 2.24) is 14.5 Å².